The molecule has 0 fully saturated rings. The predicted octanol–water partition coefficient (Wildman–Crippen LogP) is 7.48. The van der Waals surface area contributed by atoms with Crippen molar-refractivity contribution < 1.29 is 38.1 Å². The van der Waals surface area contributed by atoms with Crippen LogP contribution in [0, 0.1) is 0 Å². The smallest absolute Gasteiger partial charge is 0.412 e. The number of alkyl carbamates (subject to hydrolysis) is 1. The van der Waals surface area contributed by atoms with Crippen LogP contribution in [0.5, 0.6) is 0 Å². The second-order valence-corrected chi connectivity index (χ2v) is 22.0. The summed E-state index contributed by atoms with van der Waals surface area (Å²) in [5.74, 6) is -1.38. The van der Waals surface area contributed by atoms with Gasteiger partial charge in [0.25, 0.3) is 5.56 Å². The summed E-state index contributed by atoms with van der Waals surface area (Å²) >= 11 is 0. The highest BCUT2D eigenvalue weighted by Crippen LogP contribution is 2.48. The number of pyridine rings is 2. The number of cyclic esters (lactones) is 1. The zero-order valence-corrected chi connectivity index (χ0v) is 33.6. The molecule has 5 rings (SSSR count). The van der Waals surface area contributed by atoms with E-state index in [0.29, 0.717) is 33.7 Å². The highest BCUT2D eigenvalue weighted by molar-refractivity contribution is 6.79. The number of benzene rings is 1. The topological polar surface area (TPSA) is 164 Å². The fourth-order valence-corrected chi connectivity index (χ4v) is 8.56. The number of nitrogens with zero attached hydrogens (tertiary/aromatic N) is 2. The van der Waals surface area contributed by atoms with Gasteiger partial charge in [-0.2, -0.15) is 0 Å². The minimum Gasteiger partial charge on any atom is -0.458 e. The van der Waals surface area contributed by atoms with Crippen LogP contribution in [0.15, 0.2) is 35.1 Å². The van der Waals surface area contributed by atoms with Crippen LogP contribution in [0.3, 0.4) is 0 Å². The molecule has 53 heavy (non-hydrogen) atoms. The molecular formula is C39H52N4O9Si. The summed E-state index contributed by atoms with van der Waals surface area (Å²) in [7, 11) is -2.47. The fraction of sp³-hybridized carbons (Fsp3) is 0.538. The maximum absolute atomic E-state index is 14.7. The van der Waals surface area contributed by atoms with Crippen molar-refractivity contribution in [3.63, 3.8) is 0 Å². The summed E-state index contributed by atoms with van der Waals surface area (Å²) in [6.45, 7) is 21.1. The number of fused-ring (bicyclic) bond motifs is 5. The molecule has 3 aromatic rings. The lowest BCUT2D eigenvalue weighted by Crippen LogP contribution is -2.54. The minimum atomic E-state index is -2.47. The van der Waals surface area contributed by atoms with E-state index in [1.54, 1.807) is 77.3 Å². The van der Waals surface area contributed by atoms with E-state index in [2.05, 4.69) is 37.6 Å². The van der Waals surface area contributed by atoms with Crippen LogP contribution in [0.1, 0.15) is 104 Å². The first-order valence-electron chi connectivity index (χ1n) is 18.2. The van der Waals surface area contributed by atoms with E-state index in [1.807, 2.05) is 6.07 Å². The lowest BCUT2D eigenvalue weighted by molar-refractivity contribution is -0.190. The van der Waals surface area contributed by atoms with Gasteiger partial charge in [0.2, 0.25) is 5.60 Å². The number of carbonyl (C=O) groups is 4. The molecule has 0 aliphatic carbocycles. The molecule has 2 aromatic heterocycles. The van der Waals surface area contributed by atoms with Crippen LogP contribution in [-0.2, 0) is 40.7 Å². The van der Waals surface area contributed by atoms with Gasteiger partial charge in [-0.05, 0) is 90.3 Å². The minimum absolute atomic E-state index is 0.0332. The number of hydrogen-bond donors (Lipinski definition) is 2. The van der Waals surface area contributed by atoms with Crippen molar-refractivity contribution in [3.8, 4) is 11.4 Å². The molecule has 14 heteroatoms. The third-order valence-electron chi connectivity index (χ3n) is 9.88. The van der Waals surface area contributed by atoms with Gasteiger partial charge in [0, 0.05) is 35.2 Å². The van der Waals surface area contributed by atoms with Gasteiger partial charge < -0.3 is 28.8 Å². The zero-order valence-electron chi connectivity index (χ0n) is 32.6. The molecule has 0 spiro atoms. The molecule has 0 saturated carbocycles. The quantitative estimate of drug-likeness (QED) is 0.0759. The number of nitrogens with one attached hydrogen (secondary N) is 2. The number of ether oxygens (including phenoxy) is 4. The predicted molar refractivity (Wildman–Crippen MR) is 203 cm³/mol. The normalized spacial score (nSPS) is 18.1. The molecule has 2 atom stereocenters. The van der Waals surface area contributed by atoms with E-state index >= 15 is 0 Å². The van der Waals surface area contributed by atoms with Gasteiger partial charge in [0.1, 0.15) is 25.0 Å². The summed E-state index contributed by atoms with van der Waals surface area (Å²) in [5, 5.41) is 6.14. The summed E-state index contributed by atoms with van der Waals surface area (Å²) in [6, 6.07) is 9.02. The van der Waals surface area contributed by atoms with Crippen molar-refractivity contribution in [1.82, 2.24) is 14.9 Å². The van der Waals surface area contributed by atoms with Gasteiger partial charge in [-0.15, -0.1) is 0 Å². The van der Waals surface area contributed by atoms with Gasteiger partial charge in [0.15, 0.2) is 0 Å². The molecule has 4 heterocycles. The molecular weight excluding hydrogens is 697 g/mol. The number of hydrogen-bond acceptors (Lipinski definition) is 10. The molecule has 13 nitrogen and oxygen atoms in total. The van der Waals surface area contributed by atoms with Crippen LogP contribution >= 0.6 is 0 Å². The second-order valence-electron chi connectivity index (χ2n) is 16.7. The van der Waals surface area contributed by atoms with Crippen LogP contribution in [0.25, 0.3) is 22.3 Å². The largest absolute Gasteiger partial charge is 0.458 e. The molecule has 2 amide bonds. The average molecular weight is 749 g/mol. The Morgan fingerprint density at radius 1 is 1.02 bits per heavy atom. The van der Waals surface area contributed by atoms with Crippen LogP contribution in [0.2, 0.25) is 18.6 Å². The molecule has 2 aliphatic rings. The molecule has 2 aliphatic heterocycles. The molecule has 286 valence electrons. The van der Waals surface area contributed by atoms with Gasteiger partial charge in [-0.1, -0.05) is 33.9 Å². The number of esters is 2. The molecule has 0 bridgehead atoms. The van der Waals surface area contributed by atoms with Crippen LogP contribution in [-0.4, -0.2) is 59.5 Å². The van der Waals surface area contributed by atoms with Gasteiger partial charge in [-0.3, -0.25) is 14.9 Å². The van der Waals surface area contributed by atoms with E-state index in [1.165, 1.54) is 0 Å². The summed E-state index contributed by atoms with van der Waals surface area (Å²) in [4.78, 5) is 71.8. The summed E-state index contributed by atoms with van der Waals surface area (Å²) in [6.07, 6.45) is -1.00. The van der Waals surface area contributed by atoms with Gasteiger partial charge in [-0.25, -0.2) is 19.4 Å². The van der Waals surface area contributed by atoms with Crippen molar-refractivity contribution in [2.45, 2.75) is 129 Å². The Balaban J connectivity index is 1.53. The summed E-state index contributed by atoms with van der Waals surface area (Å²) < 4.78 is 24.6. The third kappa shape index (κ3) is 8.12. The lowest BCUT2D eigenvalue weighted by Gasteiger charge is -2.44. The lowest BCUT2D eigenvalue weighted by atomic mass is 9.85. The van der Waals surface area contributed by atoms with Gasteiger partial charge >= 0.3 is 24.1 Å². The van der Waals surface area contributed by atoms with E-state index in [-0.39, 0.29) is 43.5 Å². The fourth-order valence-electron chi connectivity index (χ4n) is 6.52. The van der Waals surface area contributed by atoms with Crippen molar-refractivity contribution in [2.75, 3.05) is 11.9 Å². The number of rotatable bonds is 9. The monoisotopic (exact) mass is 748 g/mol. The number of anilines is 1. The van der Waals surface area contributed by atoms with Crippen molar-refractivity contribution in [1.29, 1.82) is 0 Å². The molecule has 2 unspecified atom stereocenters. The first kappa shape index (κ1) is 39.5. The zero-order chi connectivity index (χ0) is 39.3. The molecule has 2 N–H and O–H groups in total. The van der Waals surface area contributed by atoms with Crippen LogP contribution in [0.4, 0.5) is 15.3 Å². The maximum atomic E-state index is 14.7. The van der Waals surface area contributed by atoms with Crippen molar-refractivity contribution in [2.24, 2.45) is 0 Å². The first-order valence-corrected chi connectivity index (χ1v) is 21.3. The Bertz CT molecular complexity index is 2030. The van der Waals surface area contributed by atoms with E-state index in [9.17, 15) is 24.0 Å². The maximum Gasteiger partial charge on any atom is 0.412 e. The Morgan fingerprint density at radius 3 is 2.30 bits per heavy atom. The SMILES string of the molecule is CCC1(OC(=O)CCCNC(=O)OC(C)(C)C)C(=O)OC([Si](C)(C)C(C)C)c2c1cc1n(c2=O)Cc2cc3cc(NC(=O)OC(C)(C)C)ccc3nc2-1. The molecule has 0 radical (unpaired) electrons. The number of amides is 2. The van der Waals surface area contributed by atoms with Crippen molar-refractivity contribution >= 4 is 48.8 Å². The standard InChI is InChI=1S/C39H52N4O9Si/c1-12-39(50-29(44)14-13-17-40-35(47)51-37(4,5)6)26-20-28-31-24(18-23-19-25(15-16-27(23)42-31)41-36(48)52-38(7,8)9)21-43(28)32(45)30(26)33(49-34(39)46)53(10,11)22(2)3/h15-16,18-20,22,33H,12-14,17,21H2,1-11H3,(H,40,47)(H,41,48). The van der Waals surface area contributed by atoms with Crippen LogP contribution < -0.4 is 16.2 Å². The van der Waals surface area contributed by atoms with E-state index < -0.39 is 54.7 Å². The number of aromatic nitrogens is 2. The highest BCUT2D eigenvalue weighted by Gasteiger charge is 2.56. The first-order chi connectivity index (χ1) is 24.6. The second kappa shape index (κ2) is 14.3. The average Bonchev–Trinajstić information content (AvgIpc) is 3.39. The molecule has 0 saturated heterocycles. The third-order valence-corrected chi connectivity index (χ3v) is 14.6. The van der Waals surface area contributed by atoms with Crippen molar-refractivity contribution in [3.05, 3.63) is 57.4 Å². The summed E-state index contributed by atoms with van der Waals surface area (Å²) in [5.41, 5.74) is -0.432. The Labute approximate surface area is 311 Å². The number of carbonyl (C=O) groups excluding carboxylic acids is 4. The Kier molecular flexibility index (Phi) is 10.6. The molecule has 1 aromatic carbocycles. The highest BCUT2D eigenvalue weighted by atomic mass is 28.3. The Hall–Kier alpha value is -4.72. The van der Waals surface area contributed by atoms with E-state index in [4.69, 9.17) is 23.9 Å². The van der Waals surface area contributed by atoms with Gasteiger partial charge in [0.05, 0.1) is 29.0 Å². The van der Waals surface area contributed by atoms with E-state index in [0.717, 1.165) is 10.9 Å². The Morgan fingerprint density at radius 2 is 1.68 bits per heavy atom.